The molecule has 0 spiro atoms. The number of nitrogens with zero attached hydrogens (tertiary/aromatic N) is 1. The van der Waals surface area contributed by atoms with Crippen molar-refractivity contribution in [2.75, 3.05) is 12.4 Å². The Kier molecular flexibility index (Phi) is 9.11. The van der Waals surface area contributed by atoms with Gasteiger partial charge < -0.3 is 25.2 Å². The quantitative estimate of drug-likeness (QED) is 0.255. The molecule has 4 aromatic rings. The molecule has 0 atom stereocenters. The van der Waals surface area contributed by atoms with Gasteiger partial charge in [0, 0.05) is 29.4 Å². The van der Waals surface area contributed by atoms with Crippen molar-refractivity contribution in [2.24, 2.45) is 0 Å². The topological polar surface area (TPSA) is 110 Å². The van der Waals surface area contributed by atoms with Crippen molar-refractivity contribution in [1.82, 2.24) is 10.3 Å². The zero-order valence-electron chi connectivity index (χ0n) is 19.7. The Labute approximate surface area is 227 Å². The van der Waals surface area contributed by atoms with Gasteiger partial charge in [-0.15, -0.1) is 12.4 Å². The van der Waals surface area contributed by atoms with Crippen molar-refractivity contribution >= 4 is 58.2 Å². The molecule has 0 aliphatic carbocycles. The van der Waals surface area contributed by atoms with E-state index in [4.69, 9.17) is 21.7 Å². The molecule has 0 unspecified atom stereocenters. The Bertz CT molecular complexity index is 1520. The van der Waals surface area contributed by atoms with Crippen LogP contribution in [0.15, 0.2) is 66.9 Å². The fourth-order valence-electron chi connectivity index (χ4n) is 3.47. The number of halogens is 3. The molecule has 12 heteroatoms. The number of ether oxygens (including phenoxy) is 2. The SMILES string of the molecule is COc1cc2nccc(Oc3ccc(NC(=S)NC(=O)Cc4ccc(F)cc4)cc3F)c2cc1C(=O)O.Cl. The van der Waals surface area contributed by atoms with Gasteiger partial charge in [0.2, 0.25) is 5.91 Å². The molecule has 38 heavy (non-hydrogen) atoms. The number of aromatic carboxylic acids is 1. The number of carbonyl (C=O) groups is 2. The highest BCUT2D eigenvalue weighted by atomic mass is 35.5. The highest BCUT2D eigenvalue weighted by Crippen LogP contribution is 2.34. The smallest absolute Gasteiger partial charge is 0.339 e. The Morgan fingerprint density at radius 3 is 2.39 bits per heavy atom. The lowest BCUT2D eigenvalue weighted by Crippen LogP contribution is -2.35. The molecule has 196 valence electrons. The number of carboxylic acid groups (broad SMARTS) is 1. The van der Waals surface area contributed by atoms with Crippen LogP contribution in [0.5, 0.6) is 17.2 Å². The van der Waals surface area contributed by atoms with Gasteiger partial charge >= 0.3 is 5.97 Å². The molecule has 0 aliphatic heterocycles. The van der Waals surface area contributed by atoms with Gasteiger partial charge in [0.15, 0.2) is 16.7 Å². The minimum atomic E-state index is -1.20. The van der Waals surface area contributed by atoms with E-state index in [-0.39, 0.29) is 52.4 Å². The summed E-state index contributed by atoms with van der Waals surface area (Å²) < 4.78 is 38.7. The number of amides is 1. The van der Waals surface area contributed by atoms with E-state index < -0.39 is 23.5 Å². The minimum absolute atomic E-state index is 0. The number of fused-ring (bicyclic) bond motifs is 1. The number of hydrogen-bond acceptors (Lipinski definition) is 6. The van der Waals surface area contributed by atoms with Crippen LogP contribution in [0.25, 0.3) is 10.9 Å². The standard InChI is InChI=1S/C26H19F2N3O5S.ClH/c1-35-23-13-20-17(12-18(23)25(33)34)21(8-9-29-20)36-22-7-6-16(11-19(22)28)30-26(37)31-24(32)10-14-2-4-15(27)5-3-14;/h2-9,11-13H,10H2,1H3,(H,33,34)(H2,30,31,32,37);1H. The second-order valence-corrected chi connectivity index (χ2v) is 8.14. The number of carboxylic acids is 1. The molecular weight excluding hydrogens is 540 g/mol. The summed E-state index contributed by atoms with van der Waals surface area (Å²) in [5.41, 5.74) is 1.17. The normalized spacial score (nSPS) is 10.3. The average molecular weight is 560 g/mol. The van der Waals surface area contributed by atoms with Crippen LogP contribution in [0.4, 0.5) is 14.5 Å². The summed E-state index contributed by atoms with van der Waals surface area (Å²) in [7, 11) is 1.35. The fourth-order valence-corrected chi connectivity index (χ4v) is 3.71. The van der Waals surface area contributed by atoms with Crippen LogP contribution in [-0.2, 0) is 11.2 Å². The first kappa shape index (κ1) is 28.2. The third-order valence-corrected chi connectivity index (χ3v) is 5.40. The first-order valence-corrected chi connectivity index (χ1v) is 11.2. The maximum absolute atomic E-state index is 14.8. The van der Waals surface area contributed by atoms with Gasteiger partial charge in [-0.1, -0.05) is 12.1 Å². The van der Waals surface area contributed by atoms with Crippen molar-refractivity contribution in [3.63, 3.8) is 0 Å². The summed E-state index contributed by atoms with van der Waals surface area (Å²) in [6, 6.07) is 13.8. The second-order valence-electron chi connectivity index (χ2n) is 7.74. The third kappa shape index (κ3) is 6.69. The van der Waals surface area contributed by atoms with E-state index in [0.717, 1.165) is 6.07 Å². The highest BCUT2D eigenvalue weighted by molar-refractivity contribution is 7.80. The Balaban J connectivity index is 0.00000400. The van der Waals surface area contributed by atoms with Gasteiger partial charge in [0.1, 0.15) is 22.9 Å². The molecule has 1 heterocycles. The van der Waals surface area contributed by atoms with Gasteiger partial charge in [-0.05, 0) is 54.2 Å². The lowest BCUT2D eigenvalue weighted by molar-refractivity contribution is -0.119. The van der Waals surface area contributed by atoms with Crippen molar-refractivity contribution in [1.29, 1.82) is 0 Å². The number of carbonyl (C=O) groups excluding carboxylic acids is 1. The monoisotopic (exact) mass is 559 g/mol. The van der Waals surface area contributed by atoms with E-state index in [1.54, 1.807) is 0 Å². The average Bonchev–Trinajstić information content (AvgIpc) is 2.86. The minimum Gasteiger partial charge on any atom is -0.496 e. The van der Waals surface area contributed by atoms with Crippen LogP contribution < -0.4 is 20.1 Å². The van der Waals surface area contributed by atoms with Gasteiger partial charge in [-0.2, -0.15) is 0 Å². The van der Waals surface area contributed by atoms with Crippen LogP contribution in [-0.4, -0.2) is 34.2 Å². The molecule has 0 bridgehead atoms. The lowest BCUT2D eigenvalue weighted by atomic mass is 10.1. The number of pyridine rings is 1. The molecule has 0 saturated carbocycles. The van der Waals surface area contributed by atoms with Crippen LogP contribution in [0.1, 0.15) is 15.9 Å². The molecule has 3 aromatic carbocycles. The molecule has 8 nitrogen and oxygen atoms in total. The first-order chi connectivity index (χ1) is 17.7. The molecule has 0 radical (unpaired) electrons. The largest absolute Gasteiger partial charge is 0.496 e. The predicted octanol–water partition coefficient (Wildman–Crippen LogP) is 5.49. The molecule has 3 N–H and O–H groups in total. The van der Waals surface area contributed by atoms with E-state index in [1.165, 1.54) is 67.9 Å². The van der Waals surface area contributed by atoms with Crippen LogP contribution in [0.3, 0.4) is 0 Å². The molecule has 0 fully saturated rings. The number of aromatic nitrogens is 1. The van der Waals surface area contributed by atoms with E-state index >= 15 is 0 Å². The zero-order chi connectivity index (χ0) is 26.5. The van der Waals surface area contributed by atoms with Crippen molar-refractivity contribution in [3.8, 4) is 17.2 Å². The number of benzene rings is 3. The van der Waals surface area contributed by atoms with Crippen LogP contribution in [0, 0.1) is 11.6 Å². The van der Waals surface area contributed by atoms with Crippen LogP contribution >= 0.6 is 24.6 Å². The summed E-state index contributed by atoms with van der Waals surface area (Å²) >= 11 is 5.11. The predicted molar refractivity (Wildman–Crippen MR) is 143 cm³/mol. The number of rotatable bonds is 7. The number of nitrogens with one attached hydrogen (secondary N) is 2. The van der Waals surface area contributed by atoms with E-state index in [2.05, 4.69) is 15.6 Å². The Morgan fingerprint density at radius 1 is 1.00 bits per heavy atom. The van der Waals surface area contributed by atoms with E-state index in [1.807, 2.05) is 0 Å². The number of anilines is 1. The third-order valence-electron chi connectivity index (χ3n) is 5.19. The number of hydrogen-bond donors (Lipinski definition) is 3. The van der Waals surface area contributed by atoms with E-state index in [0.29, 0.717) is 16.5 Å². The Hall–Kier alpha value is -4.35. The van der Waals surface area contributed by atoms with Crippen LogP contribution in [0.2, 0.25) is 0 Å². The number of methoxy groups -OCH3 is 1. The van der Waals surface area contributed by atoms with Gasteiger partial charge in [0.25, 0.3) is 0 Å². The molecule has 0 saturated heterocycles. The van der Waals surface area contributed by atoms with E-state index in [9.17, 15) is 23.5 Å². The summed E-state index contributed by atoms with van der Waals surface area (Å²) in [5.74, 6) is -2.56. The molecule has 1 aromatic heterocycles. The van der Waals surface area contributed by atoms with Gasteiger partial charge in [0.05, 0.1) is 19.0 Å². The van der Waals surface area contributed by atoms with Crippen molar-refractivity contribution in [3.05, 3.63) is 89.6 Å². The second kappa shape index (κ2) is 12.3. The summed E-state index contributed by atoms with van der Waals surface area (Å²) in [4.78, 5) is 27.9. The van der Waals surface area contributed by atoms with Gasteiger partial charge in [-0.25, -0.2) is 13.6 Å². The summed E-state index contributed by atoms with van der Waals surface area (Å²) in [6.45, 7) is 0. The molecule has 0 aliphatic rings. The highest BCUT2D eigenvalue weighted by Gasteiger charge is 2.17. The maximum Gasteiger partial charge on any atom is 0.339 e. The van der Waals surface area contributed by atoms with Gasteiger partial charge in [-0.3, -0.25) is 9.78 Å². The summed E-state index contributed by atoms with van der Waals surface area (Å²) in [6.07, 6.45) is 1.43. The molecule has 4 rings (SSSR count). The maximum atomic E-state index is 14.8. The lowest BCUT2D eigenvalue weighted by Gasteiger charge is -2.13. The Morgan fingerprint density at radius 2 is 1.74 bits per heavy atom. The molecule has 1 amide bonds. The first-order valence-electron chi connectivity index (χ1n) is 10.8. The zero-order valence-corrected chi connectivity index (χ0v) is 21.3. The van der Waals surface area contributed by atoms with Crippen molar-refractivity contribution < 1.29 is 33.0 Å². The molecular formula is C26H20ClF2N3O5S. The number of thiocarbonyl (C=S) groups is 1. The van der Waals surface area contributed by atoms with Crippen molar-refractivity contribution in [2.45, 2.75) is 6.42 Å². The summed E-state index contributed by atoms with van der Waals surface area (Å²) in [5, 5.41) is 15.0. The fraction of sp³-hybridized carbons (Fsp3) is 0.0769.